The van der Waals surface area contributed by atoms with Crippen molar-refractivity contribution in [2.24, 2.45) is 0 Å². The molecule has 0 spiro atoms. The Morgan fingerprint density at radius 3 is 2.68 bits per heavy atom. The van der Waals surface area contributed by atoms with Gasteiger partial charge in [0, 0.05) is 17.5 Å². The van der Waals surface area contributed by atoms with E-state index in [1.165, 1.54) is 11.3 Å². The van der Waals surface area contributed by atoms with Gasteiger partial charge in [-0.1, -0.05) is 19.1 Å². The summed E-state index contributed by atoms with van der Waals surface area (Å²) < 4.78 is 6.88. The fraction of sp³-hybridized carbons (Fsp3) is 0.250. The number of benzene rings is 1. The summed E-state index contributed by atoms with van der Waals surface area (Å²) in [5.74, 6) is 1.09. The molecule has 0 unspecified atom stereocenters. The van der Waals surface area contributed by atoms with Crippen LogP contribution in [-0.2, 0) is 6.54 Å². The zero-order valence-electron chi connectivity index (χ0n) is 12.5. The summed E-state index contributed by atoms with van der Waals surface area (Å²) in [5, 5.41) is 2.87. The average molecular weight is 315 g/mol. The minimum Gasteiger partial charge on any atom is -0.497 e. The predicted molar refractivity (Wildman–Crippen MR) is 90.6 cm³/mol. The summed E-state index contributed by atoms with van der Waals surface area (Å²) in [6, 6.07) is 7.78. The number of hydrogen-bond acceptors (Lipinski definition) is 5. The van der Waals surface area contributed by atoms with Gasteiger partial charge in [-0.2, -0.15) is 4.98 Å². The van der Waals surface area contributed by atoms with Gasteiger partial charge in [-0.15, -0.1) is 11.3 Å². The third-order valence-electron chi connectivity index (χ3n) is 3.57. The molecule has 3 rings (SSSR count). The summed E-state index contributed by atoms with van der Waals surface area (Å²) in [7, 11) is 1.64. The molecule has 0 amide bonds. The van der Waals surface area contributed by atoms with Gasteiger partial charge in [0.15, 0.2) is 0 Å². The molecular formula is C16H17N3O2S. The SMILES string of the molecule is CCCn1c(=O)nc(N)c2c(-c3ccc(OC)cc3)csc21. The van der Waals surface area contributed by atoms with E-state index in [4.69, 9.17) is 10.5 Å². The van der Waals surface area contributed by atoms with Gasteiger partial charge >= 0.3 is 5.69 Å². The number of hydrogen-bond donors (Lipinski definition) is 1. The van der Waals surface area contributed by atoms with Crippen LogP contribution >= 0.6 is 11.3 Å². The summed E-state index contributed by atoms with van der Waals surface area (Å²) >= 11 is 1.53. The Hall–Kier alpha value is -2.34. The molecule has 0 fully saturated rings. The number of nitrogens with two attached hydrogens (primary N) is 1. The Kier molecular flexibility index (Phi) is 3.85. The maximum atomic E-state index is 12.0. The van der Waals surface area contributed by atoms with Crippen molar-refractivity contribution in [3.8, 4) is 16.9 Å². The highest BCUT2D eigenvalue weighted by atomic mass is 32.1. The molecule has 2 aromatic heterocycles. The van der Waals surface area contributed by atoms with Crippen LogP contribution in [0.4, 0.5) is 5.82 Å². The van der Waals surface area contributed by atoms with Gasteiger partial charge in [0.1, 0.15) is 16.4 Å². The highest BCUT2D eigenvalue weighted by Gasteiger charge is 2.15. The number of rotatable bonds is 4. The maximum absolute atomic E-state index is 12.0. The average Bonchev–Trinajstić information content (AvgIpc) is 2.97. The second kappa shape index (κ2) is 5.81. The Morgan fingerprint density at radius 2 is 2.05 bits per heavy atom. The molecule has 0 radical (unpaired) electrons. The second-order valence-corrected chi connectivity index (χ2v) is 5.85. The van der Waals surface area contributed by atoms with E-state index in [0.29, 0.717) is 12.4 Å². The van der Waals surface area contributed by atoms with Crippen molar-refractivity contribution in [3.63, 3.8) is 0 Å². The number of fused-ring (bicyclic) bond motifs is 1. The quantitative estimate of drug-likeness (QED) is 0.803. The van der Waals surface area contributed by atoms with E-state index in [1.54, 1.807) is 11.7 Å². The van der Waals surface area contributed by atoms with Crippen molar-refractivity contribution in [2.75, 3.05) is 12.8 Å². The Morgan fingerprint density at radius 1 is 1.32 bits per heavy atom. The maximum Gasteiger partial charge on any atom is 0.350 e. The van der Waals surface area contributed by atoms with Gasteiger partial charge in [-0.3, -0.25) is 4.57 Å². The van der Waals surface area contributed by atoms with Crippen LogP contribution in [0.15, 0.2) is 34.4 Å². The van der Waals surface area contributed by atoms with E-state index in [1.807, 2.05) is 36.6 Å². The fourth-order valence-corrected chi connectivity index (χ4v) is 3.62. The molecule has 1 aromatic carbocycles. The molecule has 3 aromatic rings. The molecule has 0 aliphatic rings. The molecule has 22 heavy (non-hydrogen) atoms. The van der Waals surface area contributed by atoms with E-state index < -0.39 is 0 Å². The first kappa shape index (κ1) is 14.6. The van der Waals surface area contributed by atoms with Crippen LogP contribution in [0, 0.1) is 0 Å². The van der Waals surface area contributed by atoms with Crippen molar-refractivity contribution in [2.45, 2.75) is 19.9 Å². The topological polar surface area (TPSA) is 70.1 Å². The number of ether oxygens (including phenoxy) is 1. The lowest BCUT2D eigenvalue weighted by molar-refractivity contribution is 0.415. The Labute approximate surface area is 132 Å². The van der Waals surface area contributed by atoms with Crippen LogP contribution in [0.3, 0.4) is 0 Å². The van der Waals surface area contributed by atoms with Gasteiger partial charge in [0.2, 0.25) is 0 Å². The normalized spacial score (nSPS) is 11.0. The minimum absolute atomic E-state index is 0.282. The van der Waals surface area contributed by atoms with Crippen LogP contribution < -0.4 is 16.2 Å². The first-order chi connectivity index (χ1) is 10.7. The monoisotopic (exact) mass is 315 g/mol. The van der Waals surface area contributed by atoms with Gasteiger partial charge in [0.25, 0.3) is 0 Å². The molecule has 2 heterocycles. The molecule has 0 aliphatic heterocycles. The highest BCUT2D eigenvalue weighted by Crippen LogP contribution is 2.36. The molecule has 0 aliphatic carbocycles. The zero-order valence-corrected chi connectivity index (χ0v) is 13.3. The highest BCUT2D eigenvalue weighted by molar-refractivity contribution is 7.17. The Balaban J connectivity index is 2.23. The lowest BCUT2D eigenvalue weighted by Gasteiger charge is -2.08. The summed E-state index contributed by atoms with van der Waals surface area (Å²) in [6.45, 7) is 2.68. The fourth-order valence-electron chi connectivity index (χ4n) is 2.50. The van der Waals surface area contributed by atoms with Crippen LogP contribution in [0.25, 0.3) is 21.3 Å². The van der Waals surface area contributed by atoms with Crippen molar-refractivity contribution >= 4 is 27.4 Å². The number of anilines is 1. The first-order valence-corrected chi connectivity index (χ1v) is 7.95. The van der Waals surface area contributed by atoms with Gasteiger partial charge in [0.05, 0.1) is 12.5 Å². The smallest absolute Gasteiger partial charge is 0.350 e. The van der Waals surface area contributed by atoms with Gasteiger partial charge in [-0.05, 0) is 24.1 Å². The lowest BCUT2D eigenvalue weighted by atomic mass is 10.1. The van der Waals surface area contributed by atoms with E-state index in [0.717, 1.165) is 33.5 Å². The van der Waals surface area contributed by atoms with Gasteiger partial charge < -0.3 is 10.5 Å². The van der Waals surface area contributed by atoms with Gasteiger partial charge in [-0.25, -0.2) is 4.79 Å². The molecule has 0 saturated heterocycles. The van der Waals surface area contributed by atoms with Crippen molar-refractivity contribution in [1.82, 2.24) is 9.55 Å². The number of nitrogen functional groups attached to an aromatic ring is 1. The van der Waals surface area contributed by atoms with Crippen molar-refractivity contribution in [3.05, 3.63) is 40.1 Å². The summed E-state index contributed by atoms with van der Waals surface area (Å²) in [4.78, 5) is 16.9. The molecule has 0 bridgehead atoms. The van der Waals surface area contributed by atoms with E-state index in [9.17, 15) is 4.79 Å². The van der Waals surface area contributed by atoms with Crippen LogP contribution in [0.5, 0.6) is 5.75 Å². The molecular weight excluding hydrogens is 298 g/mol. The van der Waals surface area contributed by atoms with Crippen LogP contribution in [0.2, 0.25) is 0 Å². The van der Waals surface area contributed by atoms with E-state index >= 15 is 0 Å². The molecule has 114 valence electrons. The molecule has 6 heteroatoms. The zero-order chi connectivity index (χ0) is 15.7. The van der Waals surface area contributed by atoms with E-state index in [2.05, 4.69) is 4.98 Å². The summed E-state index contributed by atoms with van der Waals surface area (Å²) in [6.07, 6.45) is 0.871. The van der Waals surface area contributed by atoms with Crippen LogP contribution in [0.1, 0.15) is 13.3 Å². The number of nitrogens with zero attached hydrogens (tertiary/aromatic N) is 2. The van der Waals surface area contributed by atoms with Crippen LogP contribution in [-0.4, -0.2) is 16.7 Å². The largest absolute Gasteiger partial charge is 0.497 e. The van der Waals surface area contributed by atoms with Crippen molar-refractivity contribution < 1.29 is 4.74 Å². The lowest BCUT2D eigenvalue weighted by Crippen LogP contribution is -2.23. The number of methoxy groups -OCH3 is 1. The molecule has 0 saturated carbocycles. The Bertz CT molecular complexity index is 865. The third-order valence-corrected chi connectivity index (χ3v) is 4.57. The number of aromatic nitrogens is 2. The molecule has 0 atom stereocenters. The number of thiophene rings is 1. The van der Waals surface area contributed by atoms with Crippen molar-refractivity contribution in [1.29, 1.82) is 0 Å². The molecule has 5 nitrogen and oxygen atoms in total. The first-order valence-electron chi connectivity index (χ1n) is 7.07. The third kappa shape index (κ3) is 2.35. The number of aryl methyl sites for hydroxylation is 1. The minimum atomic E-state index is -0.282. The predicted octanol–water partition coefficient (Wildman–Crippen LogP) is 3.13. The summed E-state index contributed by atoms with van der Waals surface area (Å²) in [5.41, 5.74) is 7.76. The molecule has 2 N–H and O–H groups in total. The second-order valence-electron chi connectivity index (χ2n) is 4.99. The van der Waals surface area contributed by atoms with E-state index in [-0.39, 0.29) is 5.69 Å². The standard InChI is InChI=1S/C16H17N3O2S/c1-3-8-19-15-13(14(17)18-16(19)20)12(9-22-15)10-4-6-11(21-2)7-5-10/h4-7,9H,3,8H2,1-2H3,(H2,17,18,20).